The van der Waals surface area contributed by atoms with E-state index in [1.165, 1.54) is 11.5 Å². The molecule has 32 heavy (non-hydrogen) atoms. The molecule has 0 aliphatic heterocycles. The van der Waals surface area contributed by atoms with Crippen molar-refractivity contribution in [1.82, 2.24) is 9.55 Å². The molecule has 0 unspecified atom stereocenters. The Bertz CT molecular complexity index is 1330. The maximum atomic E-state index is 13.4. The normalized spacial score (nSPS) is 10.7. The third-order valence-corrected chi connectivity index (χ3v) is 4.92. The lowest BCUT2D eigenvalue weighted by atomic mass is 10.1. The second-order valence-corrected chi connectivity index (χ2v) is 7.18. The first-order valence-electron chi connectivity index (χ1n) is 10.2. The van der Waals surface area contributed by atoms with Gasteiger partial charge in [0.2, 0.25) is 0 Å². The molecule has 2 aromatic carbocycles. The monoisotopic (exact) mass is 426 g/mol. The number of fused-ring (bicyclic) bond motifs is 1. The predicted octanol–water partition coefficient (Wildman–Crippen LogP) is 4.62. The molecule has 0 radical (unpaired) electrons. The minimum Gasteiger partial charge on any atom is -0.489 e. The van der Waals surface area contributed by atoms with E-state index in [-0.39, 0.29) is 17.7 Å². The molecule has 0 aliphatic carbocycles. The fourth-order valence-electron chi connectivity index (χ4n) is 3.50. The fraction of sp³-hybridized carbons (Fsp3) is 0.115. The van der Waals surface area contributed by atoms with Gasteiger partial charge in [-0.2, -0.15) is 0 Å². The summed E-state index contributed by atoms with van der Waals surface area (Å²) in [5.41, 5.74) is 2.13. The van der Waals surface area contributed by atoms with E-state index in [1.54, 1.807) is 36.5 Å². The van der Waals surface area contributed by atoms with E-state index in [2.05, 4.69) is 11.6 Å². The van der Waals surface area contributed by atoms with Crippen molar-refractivity contribution < 1.29 is 14.3 Å². The zero-order valence-electron chi connectivity index (χ0n) is 17.7. The van der Waals surface area contributed by atoms with Gasteiger partial charge in [-0.3, -0.25) is 14.2 Å². The molecule has 0 saturated carbocycles. The third kappa shape index (κ3) is 4.30. The molecule has 0 N–H and O–H groups in total. The minimum absolute atomic E-state index is 0.226. The fourth-order valence-corrected chi connectivity index (χ4v) is 3.50. The number of allylic oxidation sites excluding steroid dienone is 1. The van der Waals surface area contributed by atoms with Gasteiger partial charge in [-0.15, -0.1) is 6.58 Å². The molecule has 0 atom stereocenters. The molecule has 6 heteroatoms. The van der Waals surface area contributed by atoms with Crippen molar-refractivity contribution in [2.24, 2.45) is 0 Å². The van der Waals surface area contributed by atoms with E-state index < -0.39 is 5.97 Å². The Hall–Kier alpha value is -4.19. The number of benzene rings is 2. The van der Waals surface area contributed by atoms with Crippen LogP contribution in [0.15, 0.2) is 90.4 Å². The van der Waals surface area contributed by atoms with Crippen LogP contribution < -0.4 is 15.0 Å². The number of hydrogen-bond acceptors (Lipinski definition) is 5. The van der Waals surface area contributed by atoms with Crippen LogP contribution in [0.5, 0.6) is 11.5 Å². The van der Waals surface area contributed by atoms with Crippen LogP contribution in [0, 0.1) is 0 Å². The van der Waals surface area contributed by atoms with Crippen LogP contribution in [0.4, 0.5) is 0 Å². The number of hydrogen-bond donors (Lipinski definition) is 0. The van der Waals surface area contributed by atoms with Gasteiger partial charge in [-0.1, -0.05) is 36.4 Å². The molecule has 160 valence electrons. The molecule has 2 heterocycles. The highest BCUT2D eigenvalue weighted by Crippen LogP contribution is 2.29. The molecule has 0 spiro atoms. The van der Waals surface area contributed by atoms with Gasteiger partial charge in [-0.25, -0.2) is 4.98 Å². The summed E-state index contributed by atoms with van der Waals surface area (Å²) in [6.45, 7) is 5.49. The van der Waals surface area contributed by atoms with Crippen LogP contribution in [0.2, 0.25) is 0 Å². The lowest BCUT2D eigenvalue weighted by molar-refractivity contribution is -0.131. The number of pyridine rings is 2. The smallest absolute Gasteiger partial charge is 0.308 e. The Morgan fingerprint density at radius 2 is 1.81 bits per heavy atom. The first kappa shape index (κ1) is 21.1. The largest absolute Gasteiger partial charge is 0.489 e. The average molecular weight is 426 g/mol. The third-order valence-electron chi connectivity index (χ3n) is 4.92. The standard InChI is InChI=1S/C26H22N2O4/c1-3-8-23-24(32-18(2)29)22-11-7-16-27-25(22)28(26(23)30)20-12-14-21(15-13-20)31-17-19-9-5-4-6-10-19/h3-7,9-16H,1,8,17H2,2H3. The topological polar surface area (TPSA) is 70.4 Å². The molecule has 0 bridgehead atoms. The summed E-state index contributed by atoms with van der Waals surface area (Å²) in [6.07, 6.45) is 3.46. The first-order valence-corrected chi connectivity index (χ1v) is 10.2. The van der Waals surface area contributed by atoms with Gasteiger partial charge < -0.3 is 9.47 Å². The number of carbonyl (C=O) groups excluding carboxylic acids is 1. The van der Waals surface area contributed by atoms with E-state index in [9.17, 15) is 9.59 Å². The highest BCUT2D eigenvalue weighted by Gasteiger charge is 2.20. The second kappa shape index (κ2) is 9.31. The predicted molar refractivity (Wildman–Crippen MR) is 123 cm³/mol. The SMILES string of the molecule is C=CCc1c(OC(C)=O)c2cccnc2n(-c2ccc(OCc3ccccc3)cc2)c1=O. The summed E-state index contributed by atoms with van der Waals surface area (Å²) < 4.78 is 12.8. The van der Waals surface area contributed by atoms with E-state index in [0.717, 1.165) is 5.56 Å². The maximum absolute atomic E-state index is 13.4. The summed E-state index contributed by atoms with van der Waals surface area (Å²) in [7, 11) is 0. The van der Waals surface area contributed by atoms with Crippen LogP contribution in [0.1, 0.15) is 18.1 Å². The maximum Gasteiger partial charge on any atom is 0.308 e. The van der Waals surface area contributed by atoms with E-state index >= 15 is 0 Å². The summed E-state index contributed by atoms with van der Waals surface area (Å²) in [4.78, 5) is 29.5. The van der Waals surface area contributed by atoms with Gasteiger partial charge in [0.1, 0.15) is 12.4 Å². The molecule has 0 saturated heterocycles. The number of carbonyl (C=O) groups is 1. The van der Waals surface area contributed by atoms with Crippen molar-refractivity contribution in [1.29, 1.82) is 0 Å². The minimum atomic E-state index is -0.502. The number of rotatable bonds is 7. The molecular weight excluding hydrogens is 404 g/mol. The quantitative estimate of drug-likeness (QED) is 0.319. The van der Waals surface area contributed by atoms with E-state index in [1.807, 2.05) is 42.5 Å². The van der Waals surface area contributed by atoms with Gasteiger partial charge >= 0.3 is 5.97 Å². The Morgan fingerprint density at radius 1 is 1.06 bits per heavy atom. The molecule has 6 nitrogen and oxygen atoms in total. The Balaban J connectivity index is 1.77. The molecular formula is C26H22N2O4. The number of ether oxygens (including phenoxy) is 2. The number of nitrogens with zero attached hydrogens (tertiary/aromatic N) is 2. The summed E-state index contributed by atoms with van der Waals surface area (Å²) in [6, 6.07) is 20.6. The zero-order valence-corrected chi connectivity index (χ0v) is 17.7. The average Bonchev–Trinajstić information content (AvgIpc) is 2.81. The Kier molecular flexibility index (Phi) is 6.12. The van der Waals surface area contributed by atoms with Gasteiger partial charge in [0, 0.05) is 13.1 Å². The Labute approximate surface area is 185 Å². The van der Waals surface area contributed by atoms with Crippen molar-refractivity contribution in [3.8, 4) is 17.2 Å². The van der Waals surface area contributed by atoms with Crippen molar-refractivity contribution in [3.63, 3.8) is 0 Å². The molecule has 2 aromatic heterocycles. The highest BCUT2D eigenvalue weighted by atomic mass is 16.5. The summed E-state index contributed by atoms with van der Waals surface area (Å²) >= 11 is 0. The van der Waals surface area contributed by atoms with Gasteiger partial charge in [-0.05, 0) is 48.4 Å². The van der Waals surface area contributed by atoms with Crippen LogP contribution in [-0.2, 0) is 17.8 Å². The van der Waals surface area contributed by atoms with E-state index in [0.29, 0.717) is 34.6 Å². The van der Waals surface area contributed by atoms with Gasteiger partial charge in [0.15, 0.2) is 11.4 Å². The molecule has 0 fully saturated rings. The van der Waals surface area contributed by atoms with Crippen LogP contribution >= 0.6 is 0 Å². The summed E-state index contributed by atoms with van der Waals surface area (Å²) in [5, 5.41) is 0.573. The summed E-state index contributed by atoms with van der Waals surface area (Å²) in [5.74, 6) is 0.410. The van der Waals surface area contributed by atoms with Gasteiger partial charge in [0.05, 0.1) is 16.6 Å². The molecule has 4 aromatic rings. The first-order chi connectivity index (χ1) is 15.6. The lowest BCUT2D eigenvalue weighted by Gasteiger charge is -2.16. The molecule has 0 aliphatic rings. The van der Waals surface area contributed by atoms with Crippen molar-refractivity contribution >= 4 is 17.0 Å². The number of aromatic nitrogens is 2. The molecule has 0 amide bonds. The van der Waals surface area contributed by atoms with Crippen LogP contribution in [0.3, 0.4) is 0 Å². The highest BCUT2D eigenvalue weighted by molar-refractivity contribution is 5.87. The van der Waals surface area contributed by atoms with Gasteiger partial charge in [0.25, 0.3) is 5.56 Å². The van der Waals surface area contributed by atoms with Crippen molar-refractivity contribution in [2.45, 2.75) is 20.0 Å². The van der Waals surface area contributed by atoms with Crippen LogP contribution in [-0.4, -0.2) is 15.5 Å². The van der Waals surface area contributed by atoms with Crippen molar-refractivity contribution in [2.75, 3.05) is 0 Å². The van der Waals surface area contributed by atoms with E-state index in [4.69, 9.17) is 9.47 Å². The lowest BCUT2D eigenvalue weighted by Crippen LogP contribution is -2.25. The molecule has 4 rings (SSSR count). The number of esters is 1. The zero-order chi connectivity index (χ0) is 22.5. The Morgan fingerprint density at radius 3 is 2.50 bits per heavy atom. The van der Waals surface area contributed by atoms with Crippen molar-refractivity contribution in [3.05, 3.63) is 107 Å². The second-order valence-electron chi connectivity index (χ2n) is 7.18. The van der Waals surface area contributed by atoms with Crippen LogP contribution in [0.25, 0.3) is 16.7 Å².